The minimum Gasteiger partial charge on any atom is -0.497 e. The number of carbonyl (C=O) groups excluding carboxylic acids is 2. The van der Waals surface area contributed by atoms with Crippen molar-refractivity contribution in [3.8, 4) is 5.75 Å². The number of nitrogens with zero attached hydrogens (tertiary/aromatic N) is 1. The zero-order valence-corrected chi connectivity index (χ0v) is 12.3. The van der Waals surface area contributed by atoms with Crippen molar-refractivity contribution in [1.82, 2.24) is 4.90 Å². The summed E-state index contributed by atoms with van der Waals surface area (Å²) < 4.78 is 5.03. The lowest BCUT2D eigenvalue weighted by atomic mass is 10.2. The lowest BCUT2D eigenvalue weighted by Crippen LogP contribution is -2.31. The van der Waals surface area contributed by atoms with Crippen molar-refractivity contribution in [3.05, 3.63) is 24.3 Å². The molecule has 110 valence electrons. The smallest absolute Gasteiger partial charge is 0.233 e. The topological polar surface area (TPSA) is 58.6 Å². The van der Waals surface area contributed by atoms with Gasteiger partial charge in [-0.15, -0.1) is 0 Å². The zero-order chi connectivity index (χ0) is 15.0. The van der Waals surface area contributed by atoms with E-state index in [2.05, 4.69) is 12.2 Å². The molecule has 0 saturated heterocycles. The number of unbranched alkanes of at least 4 members (excludes halogenated alkanes) is 1. The van der Waals surface area contributed by atoms with Crippen LogP contribution < -0.4 is 10.1 Å². The molecule has 0 atom stereocenters. The third-order valence-corrected chi connectivity index (χ3v) is 2.96. The number of ether oxygens (including phenoxy) is 1. The highest BCUT2D eigenvalue weighted by Gasteiger charge is 2.13. The Morgan fingerprint density at radius 1 is 1.25 bits per heavy atom. The van der Waals surface area contributed by atoms with Crippen LogP contribution in [0.25, 0.3) is 0 Å². The molecule has 0 fully saturated rings. The first-order chi connectivity index (χ1) is 9.56. The van der Waals surface area contributed by atoms with Gasteiger partial charge in [0.05, 0.1) is 7.11 Å². The van der Waals surface area contributed by atoms with Crippen LogP contribution in [0, 0.1) is 0 Å². The summed E-state index contributed by atoms with van der Waals surface area (Å²) in [4.78, 5) is 25.2. The summed E-state index contributed by atoms with van der Waals surface area (Å²) in [5, 5.41) is 2.69. The van der Waals surface area contributed by atoms with Gasteiger partial charge in [-0.1, -0.05) is 13.3 Å². The van der Waals surface area contributed by atoms with Gasteiger partial charge >= 0.3 is 0 Å². The molecule has 1 rings (SSSR count). The van der Waals surface area contributed by atoms with Crippen molar-refractivity contribution in [2.45, 2.75) is 26.2 Å². The number of anilines is 1. The number of rotatable bonds is 7. The average Bonchev–Trinajstić information content (AvgIpc) is 2.45. The molecule has 0 aromatic heterocycles. The van der Waals surface area contributed by atoms with E-state index in [9.17, 15) is 9.59 Å². The second kappa shape index (κ2) is 8.19. The highest BCUT2D eigenvalue weighted by atomic mass is 16.5. The molecule has 1 aromatic rings. The van der Waals surface area contributed by atoms with Crippen molar-refractivity contribution in [3.63, 3.8) is 0 Å². The minimum atomic E-state index is -0.302. The van der Waals surface area contributed by atoms with Crippen LogP contribution >= 0.6 is 0 Å². The van der Waals surface area contributed by atoms with Crippen LogP contribution in [-0.4, -0.2) is 37.4 Å². The van der Waals surface area contributed by atoms with E-state index in [1.807, 2.05) is 0 Å². The number of hydrogen-bond acceptors (Lipinski definition) is 3. The largest absolute Gasteiger partial charge is 0.497 e. The van der Waals surface area contributed by atoms with Crippen LogP contribution in [0.5, 0.6) is 5.75 Å². The summed E-state index contributed by atoms with van der Waals surface area (Å²) in [6.07, 6.45) is 1.84. The summed E-state index contributed by atoms with van der Waals surface area (Å²) in [7, 11) is 3.30. The van der Waals surface area contributed by atoms with Gasteiger partial charge in [-0.2, -0.15) is 0 Å². The van der Waals surface area contributed by atoms with Crippen molar-refractivity contribution in [1.29, 1.82) is 0 Å². The molecule has 0 bridgehead atoms. The Morgan fingerprint density at radius 3 is 2.45 bits per heavy atom. The number of carbonyl (C=O) groups is 2. The molecule has 0 aliphatic heterocycles. The molecule has 0 radical (unpaired) electrons. The Hall–Kier alpha value is -2.04. The van der Waals surface area contributed by atoms with Crippen LogP contribution in [0.2, 0.25) is 0 Å². The summed E-state index contributed by atoms with van der Waals surface area (Å²) in [5.74, 6) is 0.256. The SMILES string of the molecule is CCCCN(C)C(=O)CC(=O)Nc1ccc(OC)cc1. The van der Waals surface area contributed by atoms with E-state index >= 15 is 0 Å². The molecule has 0 aliphatic carbocycles. The molecule has 0 heterocycles. The van der Waals surface area contributed by atoms with Crippen LogP contribution in [0.3, 0.4) is 0 Å². The molecule has 5 heteroatoms. The summed E-state index contributed by atoms with van der Waals surface area (Å²) in [6, 6.07) is 6.99. The van der Waals surface area contributed by atoms with E-state index in [1.54, 1.807) is 43.3 Å². The maximum atomic E-state index is 11.8. The molecule has 5 nitrogen and oxygen atoms in total. The highest BCUT2D eigenvalue weighted by molar-refractivity contribution is 6.03. The third kappa shape index (κ3) is 5.30. The summed E-state index contributed by atoms with van der Waals surface area (Å²) >= 11 is 0. The van der Waals surface area contributed by atoms with E-state index in [4.69, 9.17) is 4.74 Å². The number of amides is 2. The first kappa shape index (κ1) is 16.0. The number of methoxy groups -OCH3 is 1. The van der Waals surface area contributed by atoms with E-state index in [1.165, 1.54) is 0 Å². The Morgan fingerprint density at radius 2 is 1.90 bits per heavy atom. The van der Waals surface area contributed by atoms with Gasteiger partial charge < -0.3 is 15.0 Å². The van der Waals surface area contributed by atoms with E-state index in [-0.39, 0.29) is 18.2 Å². The van der Waals surface area contributed by atoms with Gasteiger partial charge in [0.15, 0.2) is 0 Å². The number of nitrogens with one attached hydrogen (secondary N) is 1. The van der Waals surface area contributed by atoms with Crippen molar-refractivity contribution in [2.24, 2.45) is 0 Å². The van der Waals surface area contributed by atoms with Crippen LogP contribution in [0.4, 0.5) is 5.69 Å². The van der Waals surface area contributed by atoms with Crippen molar-refractivity contribution in [2.75, 3.05) is 26.0 Å². The second-order valence-electron chi connectivity index (χ2n) is 4.62. The normalized spacial score (nSPS) is 9.95. The molecular weight excluding hydrogens is 256 g/mol. The Bertz CT molecular complexity index is 443. The molecule has 0 spiro atoms. The first-order valence-corrected chi connectivity index (χ1v) is 6.74. The van der Waals surface area contributed by atoms with E-state index in [0.29, 0.717) is 12.2 Å². The van der Waals surface area contributed by atoms with Gasteiger partial charge in [-0.3, -0.25) is 9.59 Å². The molecule has 0 saturated carbocycles. The van der Waals surface area contributed by atoms with Crippen molar-refractivity contribution < 1.29 is 14.3 Å². The second-order valence-corrected chi connectivity index (χ2v) is 4.62. The van der Waals surface area contributed by atoms with Gasteiger partial charge in [-0.05, 0) is 30.7 Å². The fourth-order valence-electron chi connectivity index (χ4n) is 1.67. The van der Waals surface area contributed by atoms with E-state index in [0.717, 1.165) is 18.6 Å². The Labute approximate surface area is 119 Å². The Balaban J connectivity index is 2.44. The fraction of sp³-hybridized carbons (Fsp3) is 0.467. The van der Waals surface area contributed by atoms with Gasteiger partial charge in [0.1, 0.15) is 12.2 Å². The molecule has 1 aromatic carbocycles. The molecule has 0 unspecified atom stereocenters. The molecule has 2 amide bonds. The lowest BCUT2D eigenvalue weighted by molar-refractivity contribution is -0.133. The summed E-state index contributed by atoms with van der Waals surface area (Å²) in [5.41, 5.74) is 0.653. The number of hydrogen-bond donors (Lipinski definition) is 1. The fourth-order valence-corrected chi connectivity index (χ4v) is 1.67. The number of benzene rings is 1. The Kier molecular flexibility index (Phi) is 6.56. The molecule has 1 N–H and O–H groups in total. The predicted octanol–water partition coefficient (Wildman–Crippen LogP) is 2.28. The van der Waals surface area contributed by atoms with Gasteiger partial charge in [0.2, 0.25) is 11.8 Å². The maximum Gasteiger partial charge on any atom is 0.233 e. The minimum absolute atomic E-state index is 0.133. The van der Waals surface area contributed by atoms with Crippen LogP contribution in [-0.2, 0) is 9.59 Å². The van der Waals surface area contributed by atoms with Gasteiger partial charge in [0.25, 0.3) is 0 Å². The van der Waals surface area contributed by atoms with Crippen molar-refractivity contribution >= 4 is 17.5 Å². The maximum absolute atomic E-state index is 11.8. The molecule has 20 heavy (non-hydrogen) atoms. The molecule has 0 aliphatic rings. The summed E-state index contributed by atoms with van der Waals surface area (Å²) in [6.45, 7) is 2.75. The predicted molar refractivity (Wildman–Crippen MR) is 78.8 cm³/mol. The average molecular weight is 278 g/mol. The van der Waals surface area contributed by atoms with E-state index < -0.39 is 0 Å². The van der Waals surface area contributed by atoms with Crippen LogP contribution in [0.15, 0.2) is 24.3 Å². The van der Waals surface area contributed by atoms with Gasteiger partial charge in [0, 0.05) is 19.3 Å². The standard InChI is InChI=1S/C15H22N2O3/c1-4-5-10-17(2)15(19)11-14(18)16-12-6-8-13(20-3)9-7-12/h6-9H,4-5,10-11H2,1-3H3,(H,16,18). The monoisotopic (exact) mass is 278 g/mol. The van der Waals surface area contributed by atoms with Crippen LogP contribution in [0.1, 0.15) is 26.2 Å². The first-order valence-electron chi connectivity index (χ1n) is 6.74. The lowest BCUT2D eigenvalue weighted by Gasteiger charge is -2.16. The highest BCUT2D eigenvalue weighted by Crippen LogP contribution is 2.15. The molecular formula is C15H22N2O3. The van der Waals surface area contributed by atoms with Gasteiger partial charge in [-0.25, -0.2) is 0 Å². The third-order valence-electron chi connectivity index (χ3n) is 2.96. The quantitative estimate of drug-likeness (QED) is 0.778. The zero-order valence-electron chi connectivity index (χ0n) is 12.3.